The van der Waals surface area contributed by atoms with Crippen LogP contribution < -0.4 is 10.2 Å². The van der Waals surface area contributed by atoms with E-state index < -0.39 is 17.4 Å². The highest BCUT2D eigenvalue weighted by Crippen LogP contribution is 2.34. The molecular weight excluding hydrogens is 283 g/mol. The molecule has 2 rings (SSSR count). The molecule has 1 aliphatic rings. The molecule has 1 fully saturated rings. The number of piperazine rings is 1. The average Bonchev–Trinajstić information content (AvgIpc) is 2.40. The molecule has 108 valence electrons. The van der Waals surface area contributed by atoms with Gasteiger partial charge < -0.3 is 5.32 Å². The first-order valence-corrected chi connectivity index (χ1v) is 6.79. The first kappa shape index (κ1) is 14.8. The third kappa shape index (κ3) is 2.16. The molecule has 0 aliphatic carbocycles. The Labute approximate surface area is 121 Å². The van der Waals surface area contributed by atoms with E-state index in [1.807, 2.05) is 0 Å². The summed E-state index contributed by atoms with van der Waals surface area (Å²) >= 11 is 6.01. The van der Waals surface area contributed by atoms with E-state index in [9.17, 15) is 14.0 Å². The fourth-order valence-corrected chi connectivity index (χ4v) is 2.50. The van der Waals surface area contributed by atoms with Crippen molar-refractivity contribution in [3.63, 3.8) is 0 Å². The molecule has 1 heterocycles. The molecule has 1 N–H and O–H groups in total. The quantitative estimate of drug-likeness (QED) is 0.912. The van der Waals surface area contributed by atoms with Crippen molar-refractivity contribution in [1.29, 1.82) is 0 Å². The summed E-state index contributed by atoms with van der Waals surface area (Å²) in [7, 11) is 0. The van der Waals surface area contributed by atoms with Gasteiger partial charge in [-0.1, -0.05) is 24.6 Å². The summed E-state index contributed by atoms with van der Waals surface area (Å²) in [5.41, 5.74) is -1.09. The lowest BCUT2D eigenvalue weighted by molar-refractivity contribution is -0.137. The van der Waals surface area contributed by atoms with Gasteiger partial charge in [0.15, 0.2) is 0 Å². The number of carbonyl (C=O) groups excluding carboxylic acids is 2. The molecule has 0 aromatic heterocycles. The predicted molar refractivity (Wildman–Crippen MR) is 75.2 cm³/mol. The summed E-state index contributed by atoms with van der Waals surface area (Å²) in [6, 6.07) is 3.36. The molecule has 6 heteroatoms. The number of para-hydroxylation sites is 1. The average molecular weight is 299 g/mol. The zero-order valence-corrected chi connectivity index (χ0v) is 12.3. The summed E-state index contributed by atoms with van der Waals surface area (Å²) in [6.45, 7) is 4.96. The summed E-state index contributed by atoms with van der Waals surface area (Å²) < 4.78 is 14.1. The summed E-state index contributed by atoms with van der Waals surface area (Å²) in [6.07, 6.45) is 0.410. The zero-order chi connectivity index (χ0) is 15.1. The SMILES string of the molecule is CCC1(C)NC(=O)C(C)N(c2c(F)cccc2Cl)C1=O. The van der Waals surface area contributed by atoms with Crippen LogP contribution in [0.3, 0.4) is 0 Å². The van der Waals surface area contributed by atoms with Gasteiger partial charge in [-0.3, -0.25) is 14.5 Å². The molecular formula is C14H16ClFN2O2. The van der Waals surface area contributed by atoms with E-state index in [0.717, 1.165) is 4.90 Å². The smallest absolute Gasteiger partial charge is 0.253 e. The summed E-state index contributed by atoms with van der Waals surface area (Å²) in [5, 5.41) is 2.79. The van der Waals surface area contributed by atoms with Crippen LogP contribution in [0, 0.1) is 5.82 Å². The molecule has 2 atom stereocenters. The van der Waals surface area contributed by atoms with Gasteiger partial charge in [0.1, 0.15) is 17.4 Å². The van der Waals surface area contributed by atoms with E-state index in [-0.39, 0.29) is 22.5 Å². The molecule has 0 saturated carbocycles. The van der Waals surface area contributed by atoms with Gasteiger partial charge in [0.2, 0.25) is 5.91 Å². The molecule has 0 bridgehead atoms. The van der Waals surface area contributed by atoms with Crippen LogP contribution in [0.25, 0.3) is 0 Å². The number of nitrogens with one attached hydrogen (secondary N) is 1. The van der Waals surface area contributed by atoms with Crippen molar-refractivity contribution in [1.82, 2.24) is 5.32 Å². The van der Waals surface area contributed by atoms with E-state index in [1.165, 1.54) is 18.2 Å². The monoisotopic (exact) mass is 298 g/mol. The van der Waals surface area contributed by atoms with Crippen molar-refractivity contribution in [2.75, 3.05) is 4.90 Å². The van der Waals surface area contributed by atoms with Crippen LogP contribution in [0.4, 0.5) is 10.1 Å². The van der Waals surface area contributed by atoms with E-state index in [1.54, 1.807) is 20.8 Å². The second-order valence-corrected chi connectivity index (χ2v) is 5.50. The number of carbonyl (C=O) groups is 2. The minimum absolute atomic E-state index is 0.0406. The first-order chi connectivity index (χ1) is 9.31. The van der Waals surface area contributed by atoms with Crippen LogP contribution in [0.1, 0.15) is 27.2 Å². The van der Waals surface area contributed by atoms with Crippen LogP contribution in [0.2, 0.25) is 5.02 Å². The van der Waals surface area contributed by atoms with Gasteiger partial charge in [-0.05, 0) is 32.4 Å². The van der Waals surface area contributed by atoms with Crippen molar-refractivity contribution in [2.24, 2.45) is 0 Å². The molecule has 0 spiro atoms. The molecule has 1 aromatic carbocycles. The Morgan fingerprint density at radius 2 is 2.10 bits per heavy atom. The highest BCUT2D eigenvalue weighted by atomic mass is 35.5. The van der Waals surface area contributed by atoms with Gasteiger partial charge >= 0.3 is 0 Å². The van der Waals surface area contributed by atoms with Crippen LogP contribution in [-0.2, 0) is 9.59 Å². The number of rotatable bonds is 2. The van der Waals surface area contributed by atoms with Crippen LogP contribution in [-0.4, -0.2) is 23.4 Å². The lowest BCUT2D eigenvalue weighted by Gasteiger charge is -2.43. The fraction of sp³-hybridized carbons (Fsp3) is 0.429. The van der Waals surface area contributed by atoms with E-state index in [4.69, 9.17) is 11.6 Å². The Kier molecular flexibility index (Phi) is 3.73. The first-order valence-electron chi connectivity index (χ1n) is 6.41. The Bertz CT molecular complexity index is 558. The lowest BCUT2D eigenvalue weighted by atomic mass is 9.91. The second-order valence-electron chi connectivity index (χ2n) is 5.10. The zero-order valence-electron chi connectivity index (χ0n) is 11.5. The molecule has 20 heavy (non-hydrogen) atoms. The van der Waals surface area contributed by atoms with Crippen LogP contribution >= 0.6 is 11.6 Å². The Hall–Kier alpha value is -1.62. The topological polar surface area (TPSA) is 49.4 Å². The van der Waals surface area contributed by atoms with Gasteiger partial charge in [0.05, 0.1) is 10.7 Å². The minimum atomic E-state index is -1.05. The van der Waals surface area contributed by atoms with Crippen molar-refractivity contribution in [3.8, 4) is 0 Å². The number of benzene rings is 1. The second kappa shape index (κ2) is 5.05. The fourth-order valence-electron chi connectivity index (χ4n) is 2.24. The number of halogens is 2. The molecule has 2 unspecified atom stereocenters. The van der Waals surface area contributed by atoms with Gasteiger partial charge in [0.25, 0.3) is 5.91 Å². The number of hydrogen-bond donors (Lipinski definition) is 1. The predicted octanol–water partition coefficient (Wildman–Crippen LogP) is 2.50. The Morgan fingerprint density at radius 1 is 1.45 bits per heavy atom. The largest absolute Gasteiger partial charge is 0.340 e. The van der Waals surface area contributed by atoms with Crippen molar-refractivity contribution in [2.45, 2.75) is 38.8 Å². The van der Waals surface area contributed by atoms with Gasteiger partial charge in [0, 0.05) is 0 Å². The Balaban J connectivity index is 2.58. The van der Waals surface area contributed by atoms with Crippen molar-refractivity contribution >= 4 is 29.1 Å². The van der Waals surface area contributed by atoms with Crippen LogP contribution in [0.5, 0.6) is 0 Å². The molecule has 1 saturated heterocycles. The minimum Gasteiger partial charge on any atom is -0.340 e. The molecule has 1 aromatic rings. The third-order valence-electron chi connectivity index (χ3n) is 3.74. The maximum absolute atomic E-state index is 14.1. The standard InChI is InChI=1S/C14H16ClFN2O2/c1-4-14(3)13(20)18(8(2)12(19)17-14)11-9(15)6-5-7-10(11)16/h5-8H,4H2,1-3H3,(H,17,19). The molecule has 0 radical (unpaired) electrons. The maximum Gasteiger partial charge on any atom is 0.253 e. The van der Waals surface area contributed by atoms with Crippen molar-refractivity contribution in [3.05, 3.63) is 29.0 Å². The van der Waals surface area contributed by atoms with E-state index >= 15 is 0 Å². The summed E-state index contributed by atoms with van der Waals surface area (Å²) in [5.74, 6) is -1.31. The highest BCUT2D eigenvalue weighted by molar-refractivity contribution is 6.34. The number of hydrogen-bond acceptors (Lipinski definition) is 2. The number of anilines is 1. The lowest BCUT2D eigenvalue weighted by Crippen LogP contribution is -2.68. The number of nitrogens with zero attached hydrogens (tertiary/aromatic N) is 1. The Morgan fingerprint density at radius 3 is 2.65 bits per heavy atom. The van der Waals surface area contributed by atoms with Crippen LogP contribution in [0.15, 0.2) is 18.2 Å². The maximum atomic E-state index is 14.1. The third-order valence-corrected chi connectivity index (χ3v) is 4.05. The van der Waals surface area contributed by atoms with E-state index in [0.29, 0.717) is 6.42 Å². The van der Waals surface area contributed by atoms with Gasteiger partial charge in [-0.25, -0.2) is 4.39 Å². The molecule has 1 aliphatic heterocycles. The summed E-state index contributed by atoms with van der Waals surface area (Å²) in [4.78, 5) is 25.8. The van der Waals surface area contributed by atoms with E-state index in [2.05, 4.69) is 5.32 Å². The highest BCUT2D eigenvalue weighted by Gasteiger charge is 2.47. The molecule has 2 amide bonds. The number of amides is 2. The van der Waals surface area contributed by atoms with Gasteiger partial charge in [-0.2, -0.15) is 0 Å². The molecule has 4 nitrogen and oxygen atoms in total. The normalized spacial score (nSPS) is 26.6. The van der Waals surface area contributed by atoms with Crippen molar-refractivity contribution < 1.29 is 14.0 Å². The van der Waals surface area contributed by atoms with Gasteiger partial charge in [-0.15, -0.1) is 0 Å².